The lowest BCUT2D eigenvalue weighted by Crippen LogP contribution is -2.22. The molecule has 0 bridgehead atoms. The molecule has 0 aliphatic rings. The number of hydrogen-bond acceptors (Lipinski definition) is 3. The van der Waals surface area contributed by atoms with Crippen LogP contribution in [-0.2, 0) is 0 Å². The number of halogens is 1. The summed E-state index contributed by atoms with van der Waals surface area (Å²) in [5.41, 5.74) is 7.44. The molecule has 0 aromatic heterocycles. The van der Waals surface area contributed by atoms with Crippen LogP contribution in [0, 0.1) is 0 Å². The van der Waals surface area contributed by atoms with Gasteiger partial charge in [-0.3, -0.25) is 0 Å². The maximum atomic E-state index is 9.19. The van der Waals surface area contributed by atoms with Crippen molar-refractivity contribution in [2.24, 2.45) is 0 Å². The second-order valence-electron chi connectivity index (χ2n) is 3.76. The zero-order chi connectivity index (χ0) is 11.4. The van der Waals surface area contributed by atoms with Gasteiger partial charge in [0.2, 0.25) is 0 Å². The maximum Gasteiger partial charge on any atom is 0.0612 e. The van der Waals surface area contributed by atoms with Crippen molar-refractivity contribution in [1.82, 2.24) is 0 Å². The molecule has 3 N–H and O–H groups in total. The first-order valence-corrected chi connectivity index (χ1v) is 5.32. The summed E-state index contributed by atoms with van der Waals surface area (Å²) in [6.07, 6.45) is 0.412. The number of benzene rings is 1. The van der Waals surface area contributed by atoms with E-state index in [2.05, 4.69) is 0 Å². The lowest BCUT2D eigenvalue weighted by Gasteiger charge is -2.21. The number of nitrogen functional groups attached to an aromatic ring is 1. The van der Waals surface area contributed by atoms with Gasteiger partial charge in [0.25, 0.3) is 0 Å². The molecule has 15 heavy (non-hydrogen) atoms. The van der Waals surface area contributed by atoms with Gasteiger partial charge in [0, 0.05) is 18.6 Å². The Hall–Kier alpha value is -0.930. The largest absolute Gasteiger partial charge is 0.397 e. The van der Waals surface area contributed by atoms with Gasteiger partial charge in [0.05, 0.1) is 17.5 Å². The molecule has 1 atom stereocenters. The zero-order valence-electron chi connectivity index (χ0n) is 9.07. The van der Waals surface area contributed by atoms with E-state index in [1.54, 1.807) is 19.1 Å². The Bertz CT molecular complexity index is 328. The average molecular weight is 229 g/mol. The van der Waals surface area contributed by atoms with E-state index in [4.69, 9.17) is 17.3 Å². The van der Waals surface area contributed by atoms with Crippen LogP contribution in [0.2, 0.25) is 5.02 Å². The fraction of sp³-hybridized carbons (Fsp3) is 0.455. The van der Waals surface area contributed by atoms with Crippen molar-refractivity contribution in [3.8, 4) is 0 Å². The molecular weight excluding hydrogens is 212 g/mol. The highest BCUT2D eigenvalue weighted by molar-refractivity contribution is 6.31. The van der Waals surface area contributed by atoms with Crippen LogP contribution >= 0.6 is 11.6 Å². The van der Waals surface area contributed by atoms with Crippen molar-refractivity contribution in [2.45, 2.75) is 19.4 Å². The van der Waals surface area contributed by atoms with E-state index >= 15 is 0 Å². The summed E-state index contributed by atoms with van der Waals surface area (Å²) < 4.78 is 0. The fourth-order valence-corrected chi connectivity index (χ4v) is 1.51. The highest BCUT2D eigenvalue weighted by Crippen LogP contribution is 2.26. The van der Waals surface area contributed by atoms with Gasteiger partial charge in [0.15, 0.2) is 0 Å². The predicted octanol–water partition coefficient (Wildman–Crippen LogP) is 2.13. The van der Waals surface area contributed by atoms with Gasteiger partial charge < -0.3 is 15.7 Å². The van der Waals surface area contributed by atoms with Crippen LogP contribution in [0.4, 0.5) is 11.4 Å². The highest BCUT2D eigenvalue weighted by Gasteiger charge is 2.07. The molecule has 1 unspecified atom stereocenters. The van der Waals surface area contributed by atoms with Gasteiger partial charge in [-0.25, -0.2) is 0 Å². The first-order chi connectivity index (χ1) is 7.00. The Morgan fingerprint density at radius 1 is 1.53 bits per heavy atom. The number of anilines is 2. The second-order valence-corrected chi connectivity index (χ2v) is 4.20. The van der Waals surface area contributed by atoms with Crippen LogP contribution in [0.5, 0.6) is 0 Å². The van der Waals surface area contributed by atoms with Gasteiger partial charge in [0.1, 0.15) is 0 Å². The minimum absolute atomic E-state index is 0.298. The summed E-state index contributed by atoms with van der Waals surface area (Å²) in [4.78, 5) is 1.99. The molecule has 84 valence electrons. The number of nitrogens with zero attached hydrogens (tertiary/aromatic N) is 1. The van der Waals surface area contributed by atoms with Crippen molar-refractivity contribution in [3.63, 3.8) is 0 Å². The van der Waals surface area contributed by atoms with Gasteiger partial charge >= 0.3 is 0 Å². The standard InChI is InChI=1S/C11H17ClN2O/c1-8(15)5-6-14(2)11-7-9(12)3-4-10(11)13/h3-4,7-8,15H,5-6,13H2,1-2H3. The van der Waals surface area contributed by atoms with Gasteiger partial charge in [-0.1, -0.05) is 11.6 Å². The van der Waals surface area contributed by atoms with Crippen LogP contribution in [0.1, 0.15) is 13.3 Å². The van der Waals surface area contributed by atoms with E-state index in [-0.39, 0.29) is 6.10 Å². The monoisotopic (exact) mass is 228 g/mol. The molecule has 4 heteroatoms. The minimum atomic E-state index is -0.298. The Labute approximate surface area is 95.5 Å². The summed E-state index contributed by atoms with van der Waals surface area (Å²) in [5.74, 6) is 0. The normalized spacial score (nSPS) is 12.5. The number of rotatable bonds is 4. The SMILES string of the molecule is CC(O)CCN(C)c1cc(Cl)ccc1N. The molecule has 0 aliphatic heterocycles. The quantitative estimate of drug-likeness (QED) is 0.777. The third kappa shape index (κ3) is 3.61. The molecular formula is C11H17ClN2O. The van der Waals surface area contributed by atoms with E-state index in [0.717, 1.165) is 12.2 Å². The van der Waals surface area contributed by atoms with Gasteiger partial charge in [-0.05, 0) is 31.5 Å². The third-order valence-corrected chi connectivity index (χ3v) is 2.52. The van der Waals surface area contributed by atoms with E-state index in [1.165, 1.54) is 0 Å². The van der Waals surface area contributed by atoms with Crippen LogP contribution in [0.25, 0.3) is 0 Å². The Morgan fingerprint density at radius 3 is 2.80 bits per heavy atom. The Morgan fingerprint density at radius 2 is 2.20 bits per heavy atom. The lowest BCUT2D eigenvalue weighted by molar-refractivity contribution is 0.187. The summed E-state index contributed by atoms with van der Waals surface area (Å²) in [6, 6.07) is 5.39. The first-order valence-electron chi connectivity index (χ1n) is 4.95. The summed E-state index contributed by atoms with van der Waals surface area (Å²) >= 11 is 5.89. The van der Waals surface area contributed by atoms with Crippen LogP contribution in [0.3, 0.4) is 0 Å². The van der Waals surface area contributed by atoms with Crippen LogP contribution < -0.4 is 10.6 Å². The molecule has 1 rings (SSSR count). The molecule has 1 aromatic carbocycles. The first kappa shape index (κ1) is 12.1. The maximum absolute atomic E-state index is 9.19. The van der Waals surface area contributed by atoms with Gasteiger partial charge in [-0.2, -0.15) is 0 Å². The zero-order valence-corrected chi connectivity index (χ0v) is 9.83. The smallest absolute Gasteiger partial charge is 0.0612 e. The highest BCUT2D eigenvalue weighted by atomic mass is 35.5. The average Bonchev–Trinajstić information content (AvgIpc) is 2.18. The minimum Gasteiger partial charge on any atom is -0.397 e. The summed E-state index contributed by atoms with van der Waals surface area (Å²) in [5, 5.41) is 9.86. The van der Waals surface area contributed by atoms with Crippen molar-refractivity contribution in [2.75, 3.05) is 24.2 Å². The molecule has 0 amide bonds. The summed E-state index contributed by atoms with van der Waals surface area (Å²) in [7, 11) is 1.93. The summed E-state index contributed by atoms with van der Waals surface area (Å²) in [6.45, 7) is 2.53. The topological polar surface area (TPSA) is 49.5 Å². The number of aliphatic hydroxyl groups excluding tert-OH is 1. The predicted molar refractivity (Wildman–Crippen MR) is 65.4 cm³/mol. The van der Waals surface area contributed by atoms with Crippen LogP contribution in [-0.4, -0.2) is 24.8 Å². The fourth-order valence-electron chi connectivity index (χ4n) is 1.35. The second kappa shape index (κ2) is 5.24. The molecule has 0 saturated heterocycles. The van der Waals surface area contributed by atoms with Gasteiger partial charge in [-0.15, -0.1) is 0 Å². The van der Waals surface area contributed by atoms with E-state index in [9.17, 15) is 5.11 Å². The Kier molecular flexibility index (Phi) is 4.24. The molecule has 0 radical (unpaired) electrons. The lowest BCUT2D eigenvalue weighted by atomic mass is 10.2. The van der Waals surface area contributed by atoms with E-state index in [1.807, 2.05) is 18.0 Å². The molecule has 3 nitrogen and oxygen atoms in total. The number of nitrogens with two attached hydrogens (primary N) is 1. The van der Waals surface area contributed by atoms with Crippen LogP contribution in [0.15, 0.2) is 18.2 Å². The van der Waals surface area contributed by atoms with E-state index in [0.29, 0.717) is 17.1 Å². The third-order valence-electron chi connectivity index (χ3n) is 2.29. The van der Waals surface area contributed by atoms with Crippen molar-refractivity contribution in [1.29, 1.82) is 0 Å². The van der Waals surface area contributed by atoms with Crippen molar-refractivity contribution in [3.05, 3.63) is 23.2 Å². The number of hydrogen-bond donors (Lipinski definition) is 2. The molecule has 0 heterocycles. The van der Waals surface area contributed by atoms with E-state index < -0.39 is 0 Å². The molecule has 0 saturated carbocycles. The van der Waals surface area contributed by atoms with Crippen molar-refractivity contribution >= 4 is 23.0 Å². The van der Waals surface area contributed by atoms with Crippen molar-refractivity contribution < 1.29 is 5.11 Å². The molecule has 0 aliphatic carbocycles. The molecule has 0 fully saturated rings. The Balaban J connectivity index is 2.72. The number of aliphatic hydroxyl groups is 1. The molecule has 0 spiro atoms. The molecule has 1 aromatic rings.